The second-order valence-electron chi connectivity index (χ2n) is 4.99. The van der Waals surface area contributed by atoms with Crippen LogP contribution < -0.4 is 10.1 Å². The van der Waals surface area contributed by atoms with Gasteiger partial charge in [-0.2, -0.15) is 0 Å². The largest absolute Gasteiger partial charge is 0.497 e. The number of hydrogen-bond donors (Lipinski definition) is 1. The molecule has 1 aliphatic carbocycles. The van der Waals surface area contributed by atoms with Crippen LogP contribution in [0, 0.1) is 0 Å². The number of ether oxygens (including phenoxy) is 1. The molecule has 0 amide bonds. The summed E-state index contributed by atoms with van der Waals surface area (Å²) in [6.07, 6.45) is 5.52. The highest BCUT2D eigenvalue weighted by atomic mass is 32.2. The highest BCUT2D eigenvalue weighted by Crippen LogP contribution is 2.25. The standard InChI is InChI=1S/C15H23NOS/c1-12(11-16-13-5-3-4-6-13)18-15-9-7-14(17-2)8-10-15/h7-10,12-13,16H,3-6,11H2,1-2H3. The van der Waals surface area contributed by atoms with Crippen molar-refractivity contribution in [2.45, 2.75) is 48.8 Å². The third-order valence-electron chi connectivity index (χ3n) is 3.45. The molecule has 0 radical (unpaired) electrons. The van der Waals surface area contributed by atoms with Crippen molar-refractivity contribution in [1.82, 2.24) is 5.32 Å². The second kappa shape index (κ2) is 7.05. The fraction of sp³-hybridized carbons (Fsp3) is 0.600. The molecule has 0 spiro atoms. The predicted molar refractivity (Wildman–Crippen MR) is 78.6 cm³/mol. The molecule has 1 N–H and O–H groups in total. The molecule has 0 bridgehead atoms. The van der Waals surface area contributed by atoms with Crippen molar-refractivity contribution in [2.24, 2.45) is 0 Å². The van der Waals surface area contributed by atoms with E-state index in [1.165, 1.54) is 30.6 Å². The van der Waals surface area contributed by atoms with Crippen molar-refractivity contribution < 1.29 is 4.74 Å². The quantitative estimate of drug-likeness (QED) is 0.792. The second-order valence-corrected chi connectivity index (χ2v) is 6.51. The first-order valence-corrected chi connectivity index (χ1v) is 7.70. The van der Waals surface area contributed by atoms with Crippen LogP contribution in [-0.2, 0) is 0 Å². The number of hydrogen-bond acceptors (Lipinski definition) is 3. The molecule has 1 fully saturated rings. The number of thioether (sulfide) groups is 1. The highest BCUT2D eigenvalue weighted by Gasteiger charge is 2.15. The summed E-state index contributed by atoms with van der Waals surface area (Å²) >= 11 is 1.93. The molecule has 1 aromatic rings. The molecule has 3 heteroatoms. The summed E-state index contributed by atoms with van der Waals surface area (Å²) in [6, 6.07) is 9.09. The van der Waals surface area contributed by atoms with Crippen LogP contribution in [0.25, 0.3) is 0 Å². The molecule has 0 aromatic heterocycles. The van der Waals surface area contributed by atoms with E-state index in [0.717, 1.165) is 18.3 Å². The number of nitrogens with one attached hydrogen (secondary N) is 1. The molecule has 100 valence electrons. The van der Waals surface area contributed by atoms with Crippen molar-refractivity contribution in [3.63, 3.8) is 0 Å². The first-order valence-electron chi connectivity index (χ1n) is 6.82. The van der Waals surface area contributed by atoms with Gasteiger partial charge in [0.25, 0.3) is 0 Å². The van der Waals surface area contributed by atoms with E-state index in [0.29, 0.717) is 5.25 Å². The lowest BCUT2D eigenvalue weighted by Gasteiger charge is -2.16. The van der Waals surface area contributed by atoms with Crippen molar-refractivity contribution in [3.05, 3.63) is 24.3 Å². The molecule has 18 heavy (non-hydrogen) atoms. The maximum atomic E-state index is 5.17. The van der Waals surface area contributed by atoms with E-state index in [-0.39, 0.29) is 0 Å². The fourth-order valence-corrected chi connectivity index (χ4v) is 3.33. The Kier molecular flexibility index (Phi) is 5.39. The Labute approximate surface area is 114 Å². The van der Waals surface area contributed by atoms with Gasteiger partial charge in [0.05, 0.1) is 7.11 Å². The molecule has 1 unspecified atom stereocenters. The maximum Gasteiger partial charge on any atom is 0.118 e. The Hall–Kier alpha value is -0.670. The summed E-state index contributed by atoms with van der Waals surface area (Å²) < 4.78 is 5.17. The van der Waals surface area contributed by atoms with Gasteiger partial charge in [0.15, 0.2) is 0 Å². The first-order chi connectivity index (χ1) is 8.78. The average molecular weight is 265 g/mol. The van der Waals surface area contributed by atoms with Gasteiger partial charge < -0.3 is 10.1 Å². The number of rotatable bonds is 6. The molecule has 0 heterocycles. The third kappa shape index (κ3) is 4.21. The molecule has 1 saturated carbocycles. The Morgan fingerprint density at radius 2 is 1.94 bits per heavy atom. The first kappa shape index (κ1) is 13.8. The van der Waals surface area contributed by atoms with Crippen LogP contribution in [-0.4, -0.2) is 24.9 Å². The summed E-state index contributed by atoms with van der Waals surface area (Å²) in [5.41, 5.74) is 0. The summed E-state index contributed by atoms with van der Waals surface area (Å²) in [6.45, 7) is 3.39. The highest BCUT2D eigenvalue weighted by molar-refractivity contribution is 8.00. The van der Waals surface area contributed by atoms with Gasteiger partial charge in [-0.25, -0.2) is 0 Å². The van der Waals surface area contributed by atoms with Gasteiger partial charge >= 0.3 is 0 Å². The van der Waals surface area contributed by atoms with Gasteiger partial charge in [-0.05, 0) is 37.1 Å². The van der Waals surface area contributed by atoms with Crippen molar-refractivity contribution in [1.29, 1.82) is 0 Å². The Morgan fingerprint density at radius 1 is 1.28 bits per heavy atom. The molecule has 0 saturated heterocycles. The maximum absolute atomic E-state index is 5.17. The molecular formula is C15H23NOS. The zero-order valence-electron chi connectivity index (χ0n) is 11.3. The lowest BCUT2D eigenvalue weighted by Crippen LogP contribution is -2.31. The summed E-state index contributed by atoms with van der Waals surface area (Å²) in [7, 11) is 1.70. The van der Waals surface area contributed by atoms with E-state index in [1.807, 2.05) is 23.9 Å². The van der Waals surface area contributed by atoms with Gasteiger partial charge in [0.2, 0.25) is 0 Å². The zero-order chi connectivity index (χ0) is 12.8. The summed E-state index contributed by atoms with van der Waals surface area (Å²) in [5, 5.41) is 4.29. The van der Waals surface area contributed by atoms with Crippen LogP contribution in [0.1, 0.15) is 32.6 Å². The lowest BCUT2D eigenvalue weighted by atomic mass is 10.2. The van der Waals surface area contributed by atoms with Crippen LogP contribution in [0.3, 0.4) is 0 Å². The SMILES string of the molecule is COc1ccc(SC(C)CNC2CCCC2)cc1. The summed E-state index contributed by atoms with van der Waals surface area (Å²) in [4.78, 5) is 1.32. The zero-order valence-corrected chi connectivity index (χ0v) is 12.1. The monoisotopic (exact) mass is 265 g/mol. The Balaban J connectivity index is 1.73. The smallest absolute Gasteiger partial charge is 0.118 e. The van der Waals surface area contributed by atoms with Gasteiger partial charge in [0.1, 0.15) is 5.75 Å². The number of methoxy groups -OCH3 is 1. The molecule has 1 aliphatic rings. The average Bonchev–Trinajstić information content (AvgIpc) is 2.90. The topological polar surface area (TPSA) is 21.3 Å². The van der Waals surface area contributed by atoms with Crippen molar-refractivity contribution in [3.8, 4) is 5.75 Å². The van der Waals surface area contributed by atoms with Gasteiger partial charge in [-0.3, -0.25) is 0 Å². The van der Waals surface area contributed by atoms with Gasteiger partial charge in [-0.1, -0.05) is 19.8 Å². The minimum absolute atomic E-state index is 0.610. The molecule has 1 aromatic carbocycles. The van der Waals surface area contributed by atoms with E-state index in [4.69, 9.17) is 4.74 Å². The van der Waals surface area contributed by atoms with Crippen LogP contribution in [0.4, 0.5) is 0 Å². The molecule has 2 nitrogen and oxygen atoms in total. The van der Waals surface area contributed by atoms with Gasteiger partial charge in [-0.15, -0.1) is 11.8 Å². The molecule has 2 rings (SSSR count). The normalized spacial score (nSPS) is 17.9. The predicted octanol–water partition coefficient (Wildman–Crippen LogP) is 3.71. The van der Waals surface area contributed by atoms with Gasteiger partial charge in [0, 0.05) is 22.7 Å². The fourth-order valence-electron chi connectivity index (χ4n) is 2.39. The van der Waals surface area contributed by atoms with Crippen LogP contribution in [0.2, 0.25) is 0 Å². The molecule has 1 atom stereocenters. The van der Waals surface area contributed by atoms with E-state index in [9.17, 15) is 0 Å². The minimum atomic E-state index is 0.610. The Bertz CT molecular complexity index is 346. The third-order valence-corrected chi connectivity index (χ3v) is 4.56. The lowest BCUT2D eigenvalue weighted by molar-refractivity contribution is 0.414. The minimum Gasteiger partial charge on any atom is -0.497 e. The van der Waals surface area contributed by atoms with E-state index < -0.39 is 0 Å². The summed E-state index contributed by atoms with van der Waals surface area (Å²) in [5.74, 6) is 0.927. The van der Waals surface area contributed by atoms with Crippen molar-refractivity contribution >= 4 is 11.8 Å². The van der Waals surface area contributed by atoms with E-state index >= 15 is 0 Å². The van der Waals surface area contributed by atoms with Crippen LogP contribution in [0.5, 0.6) is 5.75 Å². The molecule has 0 aliphatic heterocycles. The van der Waals surface area contributed by atoms with Crippen LogP contribution >= 0.6 is 11.8 Å². The Morgan fingerprint density at radius 3 is 2.56 bits per heavy atom. The van der Waals surface area contributed by atoms with E-state index in [2.05, 4.69) is 24.4 Å². The number of benzene rings is 1. The molecular weight excluding hydrogens is 242 g/mol. The van der Waals surface area contributed by atoms with Crippen LogP contribution in [0.15, 0.2) is 29.2 Å². The van der Waals surface area contributed by atoms with Crippen molar-refractivity contribution in [2.75, 3.05) is 13.7 Å². The van der Waals surface area contributed by atoms with E-state index in [1.54, 1.807) is 7.11 Å².